The first kappa shape index (κ1) is 13.0. The first-order chi connectivity index (χ1) is 9.74. The van der Waals surface area contributed by atoms with Crippen LogP contribution in [0.3, 0.4) is 0 Å². The molecule has 0 radical (unpaired) electrons. The zero-order valence-electron chi connectivity index (χ0n) is 11.7. The third-order valence-electron chi connectivity index (χ3n) is 4.02. The molecule has 0 atom stereocenters. The van der Waals surface area contributed by atoms with Crippen molar-refractivity contribution < 1.29 is 9.21 Å². The standard InChI is InChI=1S/C17H19NO2/c1-12-8-9-14(11-15(12)16-7-4-10-20-16)18-17(19)13-5-2-3-6-13/h4,7-11,13H,2-3,5-6H2,1H3,(H,18,19). The van der Waals surface area contributed by atoms with Gasteiger partial charge in [-0.2, -0.15) is 0 Å². The normalized spacial score (nSPS) is 15.4. The third-order valence-corrected chi connectivity index (χ3v) is 4.02. The topological polar surface area (TPSA) is 42.2 Å². The van der Waals surface area contributed by atoms with Gasteiger partial charge in [0, 0.05) is 17.2 Å². The minimum absolute atomic E-state index is 0.150. The molecular weight excluding hydrogens is 250 g/mol. The number of aryl methyl sites for hydroxylation is 1. The van der Waals surface area contributed by atoms with Crippen molar-refractivity contribution in [3.8, 4) is 11.3 Å². The second-order valence-electron chi connectivity index (χ2n) is 5.48. The number of anilines is 1. The van der Waals surface area contributed by atoms with Crippen molar-refractivity contribution in [2.24, 2.45) is 5.92 Å². The highest BCUT2D eigenvalue weighted by atomic mass is 16.3. The molecule has 1 amide bonds. The van der Waals surface area contributed by atoms with Gasteiger partial charge >= 0.3 is 0 Å². The summed E-state index contributed by atoms with van der Waals surface area (Å²) in [5.74, 6) is 1.17. The number of nitrogens with one attached hydrogen (secondary N) is 1. The Morgan fingerprint density at radius 2 is 2.05 bits per heavy atom. The van der Waals surface area contributed by atoms with Gasteiger partial charge in [-0.3, -0.25) is 4.79 Å². The van der Waals surface area contributed by atoms with Gasteiger partial charge in [-0.25, -0.2) is 0 Å². The molecule has 0 aliphatic heterocycles. The summed E-state index contributed by atoms with van der Waals surface area (Å²) in [4.78, 5) is 12.2. The summed E-state index contributed by atoms with van der Waals surface area (Å²) in [5, 5.41) is 3.03. The average molecular weight is 269 g/mol. The largest absolute Gasteiger partial charge is 0.464 e. The van der Waals surface area contributed by atoms with Crippen LogP contribution in [0.2, 0.25) is 0 Å². The Balaban J connectivity index is 1.80. The van der Waals surface area contributed by atoms with E-state index in [1.54, 1.807) is 6.26 Å². The van der Waals surface area contributed by atoms with E-state index in [2.05, 4.69) is 5.32 Å². The molecule has 1 saturated carbocycles. The minimum Gasteiger partial charge on any atom is -0.464 e. The fourth-order valence-corrected chi connectivity index (χ4v) is 2.83. The fraction of sp³-hybridized carbons (Fsp3) is 0.353. The van der Waals surface area contributed by atoms with Crippen molar-refractivity contribution in [2.45, 2.75) is 32.6 Å². The summed E-state index contributed by atoms with van der Waals surface area (Å²) in [5.41, 5.74) is 3.01. The molecule has 1 aliphatic carbocycles. The van der Waals surface area contributed by atoms with Crippen LogP contribution in [0, 0.1) is 12.8 Å². The zero-order chi connectivity index (χ0) is 13.9. The van der Waals surface area contributed by atoms with Gasteiger partial charge in [-0.15, -0.1) is 0 Å². The van der Waals surface area contributed by atoms with Gasteiger partial charge in [0.05, 0.1) is 6.26 Å². The van der Waals surface area contributed by atoms with E-state index in [4.69, 9.17) is 4.42 Å². The molecule has 0 unspecified atom stereocenters. The number of furan rings is 1. The second kappa shape index (κ2) is 5.53. The predicted molar refractivity (Wildman–Crippen MR) is 79.5 cm³/mol. The Morgan fingerprint density at radius 3 is 2.75 bits per heavy atom. The van der Waals surface area contributed by atoms with Crippen molar-refractivity contribution >= 4 is 11.6 Å². The van der Waals surface area contributed by atoms with Crippen LogP contribution >= 0.6 is 0 Å². The summed E-state index contributed by atoms with van der Waals surface area (Å²) in [6.07, 6.45) is 6.04. The van der Waals surface area contributed by atoms with Crippen molar-refractivity contribution in [3.05, 3.63) is 42.2 Å². The van der Waals surface area contributed by atoms with Gasteiger partial charge in [-0.05, 0) is 49.6 Å². The number of hydrogen-bond donors (Lipinski definition) is 1. The van der Waals surface area contributed by atoms with Crippen LogP contribution in [0.4, 0.5) is 5.69 Å². The Labute approximate surface area is 119 Å². The lowest BCUT2D eigenvalue weighted by Crippen LogP contribution is -2.20. The van der Waals surface area contributed by atoms with Crippen LogP contribution in [0.15, 0.2) is 41.0 Å². The molecular formula is C17H19NO2. The average Bonchev–Trinajstić information content (AvgIpc) is 3.14. The van der Waals surface area contributed by atoms with Crippen LogP contribution in [0.25, 0.3) is 11.3 Å². The van der Waals surface area contributed by atoms with E-state index >= 15 is 0 Å². The van der Waals surface area contributed by atoms with Crippen LogP contribution in [-0.4, -0.2) is 5.91 Å². The number of carbonyl (C=O) groups is 1. The summed E-state index contributed by atoms with van der Waals surface area (Å²) in [6.45, 7) is 2.04. The lowest BCUT2D eigenvalue weighted by molar-refractivity contribution is -0.119. The molecule has 20 heavy (non-hydrogen) atoms. The molecule has 0 saturated heterocycles. The van der Waals surface area contributed by atoms with Crippen LogP contribution in [-0.2, 0) is 4.79 Å². The summed E-state index contributed by atoms with van der Waals surface area (Å²) in [6, 6.07) is 9.77. The fourth-order valence-electron chi connectivity index (χ4n) is 2.83. The molecule has 3 nitrogen and oxygen atoms in total. The molecule has 3 rings (SSSR count). The number of amides is 1. The number of rotatable bonds is 3. The van der Waals surface area contributed by atoms with Gasteiger partial charge in [0.2, 0.25) is 5.91 Å². The van der Waals surface area contributed by atoms with Crippen LogP contribution in [0.5, 0.6) is 0 Å². The van der Waals surface area contributed by atoms with Gasteiger partial charge in [0.15, 0.2) is 0 Å². The van der Waals surface area contributed by atoms with Gasteiger partial charge in [0.25, 0.3) is 0 Å². The number of carbonyl (C=O) groups excluding carboxylic acids is 1. The molecule has 1 N–H and O–H groups in total. The molecule has 0 spiro atoms. The number of hydrogen-bond acceptors (Lipinski definition) is 2. The minimum atomic E-state index is 0.150. The summed E-state index contributed by atoms with van der Waals surface area (Å²) in [7, 11) is 0. The molecule has 1 fully saturated rings. The highest BCUT2D eigenvalue weighted by molar-refractivity contribution is 5.93. The molecule has 0 bridgehead atoms. The van der Waals surface area contributed by atoms with Gasteiger partial charge in [0.1, 0.15) is 5.76 Å². The maximum absolute atomic E-state index is 12.2. The highest BCUT2D eigenvalue weighted by Gasteiger charge is 2.22. The van der Waals surface area contributed by atoms with Crippen LogP contribution < -0.4 is 5.32 Å². The van der Waals surface area contributed by atoms with Crippen molar-refractivity contribution in [1.29, 1.82) is 0 Å². The van der Waals surface area contributed by atoms with E-state index < -0.39 is 0 Å². The maximum Gasteiger partial charge on any atom is 0.227 e. The Morgan fingerprint density at radius 1 is 1.25 bits per heavy atom. The molecule has 3 heteroatoms. The predicted octanol–water partition coefficient (Wildman–Crippen LogP) is 4.38. The second-order valence-corrected chi connectivity index (χ2v) is 5.48. The van der Waals surface area contributed by atoms with E-state index in [1.807, 2.05) is 37.3 Å². The van der Waals surface area contributed by atoms with E-state index in [0.717, 1.165) is 35.4 Å². The lowest BCUT2D eigenvalue weighted by atomic mass is 10.0. The van der Waals surface area contributed by atoms with Crippen molar-refractivity contribution in [3.63, 3.8) is 0 Å². The van der Waals surface area contributed by atoms with E-state index in [1.165, 1.54) is 12.8 Å². The molecule has 1 heterocycles. The van der Waals surface area contributed by atoms with Crippen molar-refractivity contribution in [2.75, 3.05) is 5.32 Å². The SMILES string of the molecule is Cc1ccc(NC(=O)C2CCCC2)cc1-c1ccco1. The zero-order valence-corrected chi connectivity index (χ0v) is 11.7. The summed E-state index contributed by atoms with van der Waals surface area (Å²) < 4.78 is 5.45. The lowest BCUT2D eigenvalue weighted by Gasteiger charge is -2.12. The monoisotopic (exact) mass is 269 g/mol. The Kier molecular flexibility index (Phi) is 3.59. The highest BCUT2D eigenvalue weighted by Crippen LogP contribution is 2.29. The smallest absolute Gasteiger partial charge is 0.227 e. The first-order valence-electron chi connectivity index (χ1n) is 7.19. The summed E-state index contributed by atoms with van der Waals surface area (Å²) >= 11 is 0. The maximum atomic E-state index is 12.2. The third kappa shape index (κ3) is 2.62. The molecule has 1 aromatic heterocycles. The molecule has 1 aromatic carbocycles. The van der Waals surface area contributed by atoms with Crippen molar-refractivity contribution in [1.82, 2.24) is 0 Å². The van der Waals surface area contributed by atoms with Gasteiger partial charge in [-0.1, -0.05) is 18.9 Å². The molecule has 2 aromatic rings. The van der Waals surface area contributed by atoms with E-state index in [-0.39, 0.29) is 11.8 Å². The first-order valence-corrected chi connectivity index (χ1v) is 7.19. The Hall–Kier alpha value is -2.03. The molecule has 1 aliphatic rings. The molecule has 104 valence electrons. The Bertz CT molecular complexity index is 595. The van der Waals surface area contributed by atoms with Gasteiger partial charge < -0.3 is 9.73 Å². The number of benzene rings is 1. The van der Waals surface area contributed by atoms with E-state index in [0.29, 0.717) is 0 Å². The quantitative estimate of drug-likeness (QED) is 0.898. The van der Waals surface area contributed by atoms with E-state index in [9.17, 15) is 4.79 Å². The van der Waals surface area contributed by atoms with Crippen LogP contribution in [0.1, 0.15) is 31.2 Å².